The Bertz CT molecular complexity index is 85.6. The summed E-state index contributed by atoms with van der Waals surface area (Å²) >= 11 is 6.37. The van der Waals surface area contributed by atoms with E-state index in [9.17, 15) is 0 Å². The van der Waals surface area contributed by atoms with Crippen molar-refractivity contribution in [1.82, 2.24) is 0 Å². The second-order valence-electron chi connectivity index (χ2n) is 2.54. The van der Waals surface area contributed by atoms with E-state index in [0.717, 1.165) is 0 Å². The second kappa shape index (κ2) is 11.8. The van der Waals surface area contributed by atoms with E-state index in [1.54, 1.807) is 0 Å². The Morgan fingerprint density at radius 3 is 1.83 bits per heavy atom. The molecule has 0 aromatic carbocycles. The Balaban J connectivity index is 3.40. The Morgan fingerprint density at radius 2 is 1.50 bits per heavy atom. The molecule has 0 amide bonds. The first-order chi connectivity index (χ1) is 5.85. The molecule has 3 unspecified atom stereocenters. The Morgan fingerprint density at radius 1 is 1.00 bits per heavy atom. The van der Waals surface area contributed by atoms with E-state index in [0.29, 0.717) is 22.5 Å². The van der Waals surface area contributed by atoms with E-state index in [1.807, 2.05) is 0 Å². The third-order valence-electron chi connectivity index (χ3n) is 1.57. The van der Waals surface area contributed by atoms with E-state index in [-0.39, 0.29) is 0 Å². The molecule has 0 saturated carbocycles. The molecular weight excluding hydrogens is 354 g/mol. The van der Waals surface area contributed by atoms with Gasteiger partial charge in [-0.05, 0) is 0 Å². The Kier molecular flexibility index (Phi) is 14.6. The van der Waals surface area contributed by atoms with Crippen LogP contribution in [0.15, 0.2) is 0 Å². The van der Waals surface area contributed by atoms with Gasteiger partial charge in [-0.15, -0.1) is 0 Å². The summed E-state index contributed by atoms with van der Waals surface area (Å²) in [7, 11) is 4.53. The SMILES string of the molecule is PCCP(CC[PH2+][Se-])CC[PH2+][Se-]. The molecule has 0 aliphatic carbocycles. The van der Waals surface area contributed by atoms with Gasteiger partial charge in [-0.1, -0.05) is 0 Å². The van der Waals surface area contributed by atoms with Gasteiger partial charge >= 0.3 is 99.8 Å². The zero-order valence-corrected chi connectivity index (χ0v) is 15.0. The summed E-state index contributed by atoms with van der Waals surface area (Å²) in [6.07, 6.45) is 8.84. The van der Waals surface area contributed by atoms with Crippen LogP contribution in [-0.4, -0.2) is 68.1 Å². The van der Waals surface area contributed by atoms with Crippen LogP contribution in [0.4, 0.5) is 0 Å². The summed E-state index contributed by atoms with van der Waals surface area (Å²) in [5.41, 5.74) is 0. The molecule has 6 heteroatoms. The summed E-state index contributed by atoms with van der Waals surface area (Å²) < 4.78 is 0. The number of rotatable bonds is 8. The van der Waals surface area contributed by atoms with Crippen LogP contribution >= 0.6 is 31.7 Å². The molecule has 12 heavy (non-hydrogen) atoms. The van der Waals surface area contributed by atoms with Gasteiger partial charge in [-0.25, -0.2) is 0 Å². The first-order valence-corrected chi connectivity index (χ1v) is 15.4. The Labute approximate surface area is 99.3 Å². The fourth-order valence-corrected chi connectivity index (χ4v) is 10.9. The van der Waals surface area contributed by atoms with Crippen LogP contribution in [0.2, 0.25) is 0 Å². The van der Waals surface area contributed by atoms with E-state index in [1.165, 1.54) is 37.0 Å². The molecule has 0 nitrogen and oxygen atoms in total. The quantitative estimate of drug-likeness (QED) is 0.446. The van der Waals surface area contributed by atoms with Gasteiger partial charge in [0, 0.05) is 0 Å². The zero-order chi connectivity index (χ0) is 9.23. The van der Waals surface area contributed by atoms with Crippen molar-refractivity contribution in [2.75, 3.05) is 37.0 Å². The predicted molar refractivity (Wildman–Crippen MR) is 76.8 cm³/mol. The average Bonchev–Trinajstić information content (AvgIpc) is 2.10. The van der Waals surface area contributed by atoms with E-state index < -0.39 is 0 Å². The topological polar surface area (TPSA) is 0 Å². The van der Waals surface area contributed by atoms with Crippen molar-refractivity contribution >= 4 is 62.8 Å². The van der Waals surface area contributed by atoms with Crippen molar-refractivity contribution in [3.05, 3.63) is 0 Å². The van der Waals surface area contributed by atoms with Crippen LogP contribution in [0.25, 0.3) is 0 Å². The van der Waals surface area contributed by atoms with Crippen LogP contribution in [-0.2, 0) is 0 Å². The minimum atomic E-state index is 0.408. The summed E-state index contributed by atoms with van der Waals surface area (Å²) in [6, 6.07) is 0. The molecule has 0 spiro atoms. The molecule has 0 rings (SSSR count). The molecule has 0 saturated heterocycles. The van der Waals surface area contributed by atoms with Gasteiger partial charge in [-0.3, -0.25) is 0 Å². The second-order valence-corrected chi connectivity index (χ2v) is 11.8. The molecule has 0 aliphatic rings. The monoisotopic (exact) mass is 374 g/mol. The first-order valence-electron chi connectivity index (χ1n) is 4.14. The molecule has 0 heterocycles. The van der Waals surface area contributed by atoms with Gasteiger partial charge in [0.25, 0.3) is 0 Å². The molecule has 3 atom stereocenters. The fraction of sp³-hybridized carbons (Fsp3) is 1.00. The van der Waals surface area contributed by atoms with E-state index >= 15 is 0 Å². The summed E-state index contributed by atoms with van der Waals surface area (Å²) in [4.78, 5) is 0. The Hall–Kier alpha value is 2.76. The zero-order valence-electron chi connectivity index (χ0n) is 7.24. The maximum atomic E-state index is 3.18. The number of hydrogen-bond donors (Lipinski definition) is 0. The summed E-state index contributed by atoms with van der Waals surface area (Å²) in [5.74, 6) is 0. The third-order valence-corrected chi connectivity index (χ3v) is 10.0. The van der Waals surface area contributed by atoms with Gasteiger partial charge in [0.2, 0.25) is 0 Å². The molecule has 0 fully saturated rings. The molecule has 74 valence electrons. The van der Waals surface area contributed by atoms with Crippen LogP contribution in [0.5, 0.6) is 0 Å². The third kappa shape index (κ3) is 9.32. The maximum absolute atomic E-state index is 3.18. The van der Waals surface area contributed by atoms with Crippen molar-refractivity contribution in [2.45, 2.75) is 0 Å². The minimum absolute atomic E-state index is 0.408. The molecule has 0 bridgehead atoms. The van der Waals surface area contributed by atoms with Crippen LogP contribution in [0.1, 0.15) is 0 Å². The summed E-state index contributed by atoms with van der Waals surface area (Å²) in [5, 5.41) is 0. The molecule has 0 aliphatic heterocycles. The van der Waals surface area contributed by atoms with Crippen LogP contribution < -0.4 is 0 Å². The van der Waals surface area contributed by atoms with Gasteiger partial charge in [0.05, 0.1) is 0 Å². The molecule has 0 aromatic rings. The van der Waals surface area contributed by atoms with E-state index in [2.05, 4.69) is 40.4 Å². The fourth-order valence-electron chi connectivity index (χ4n) is 0.989. The average molecular weight is 372 g/mol. The van der Waals surface area contributed by atoms with Crippen LogP contribution in [0.3, 0.4) is 0 Å². The standard InChI is InChI=1S/C6H18P4Se2/c7-1-4-10(5-2-8-11)6-3-9-12/h1-9H2. The van der Waals surface area contributed by atoms with Gasteiger partial charge in [0.1, 0.15) is 0 Å². The molecule has 0 aromatic heterocycles. The van der Waals surface area contributed by atoms with Crippen molar-refractivity contribution in [1.29, 1.82) is 0 Å². The first kappa shape index (κ1) is 14.8. The van der Waals surface area contributed by atoms with Crippen molar-refractivity contribution in [3.8, 4) is 0 Å². The van der Waals surface area contributed by atoms with Crippen molar-refractivity contribution in [3.63, 3.8) is 0 Å². The van der Waals surface area contributed by atoms with Gasteiger partial charge < -0.3 is 0 Å². The summed E-state index contributed by atoms with van der Waals surface area (Å²) in [6.45, 7) is 0. The normalized spacial score (nSPS) is 15.2. The molecular formula is C6H18P4Se2. The van der Waals surface area contributed by atoms with Crippen molar-refractivity contribution < 1.29 is 0 Å². The molecule has 0 radical (unpaired) electrons. The predicted octanol–water partition coefficient (Wildman–Crippen LogP) is 1.33. The van der Waals surface area contributed by atoms with Gasteiger partial charge in [0.15, 0.2) is 0 Å². The van der Waals surface area contributed by atoms with E-state index in [4.69, 9.17) is 0 Å². The molecule has 0 N–H and O–H groups in total. The van der Waals surface area contributed by atoms with Gasteiger partial charge in [-0.2, -0.15) is 0 Å². The van der Waals surface area contributed by atoms with Crippen LogP contribution in [0, 0.1) is 0 Å². The van der Waals surface area contributed by atoms with Crippen molar-refractivity contribution in [2.24, 2.45) is 0 Å². The number of hydrogen-bond acceptors (Lipinski definition) is 0.